The summed E-state index contributed by atoms with van der Waals surface area (Å²) in [5, 5.41) is 3.05. The smallest absolute Gasteiger partial charge is 0.338 e. The van der Waals surface area contributed by atoms with Crippen molar-refractivity contribution in [2.24, 2.45) is 0 Å². The molecule has 0 aromatic heterocycles. The van der Waals surface area contributed by atoms with Gasteiger partial charge in [-0.1, -0.05) is 23.7 Å². The van der Waals surface area contributed by atoms with Gasteiger partial charge in [-0.3, -0.25) is 9.52 Å². The molecule has 0 spiro atoms. The Kier molecular flexibility index (Phi) is 6.23. The number of ether oxygens (including phenoxy) is 1. The van der Waals surface area contributed by atoms with Crippen molar-refractivity contribution in [3.05, 3.63) is 59.1 Å². The number of carbonyl (C=O) groups is 2. The normalized spacial score (nSPS) is 12.1. The molecular formula is C17H17ClN2O5S. The molecule has 0 fully saturated rings. The zero-order valence-electron chi connectivity index (χ0n) is 14.0. The van der Waals surface area contributed by atoms with Crippen molar-refractivity contribution < 1.29 is 22.7 Å². The lowest BCUT2D eigenvalue weighted by Crippen LogP contribution is -2.30. The summed E-state index contributed by atoms with van der Waals surface area (Å²) in [6.45, 7) is 1.43. The highest BCUT2D eigenvalue weighted by Gasteiger charge is 2.19. The number of anilines is 2. The number of hydrogen-bond acceptors (Lipinski definition) is 5. The van der Waals surface area contributed by atoms with E-state index in [1.165, 1.54) is 31.2 Å². The van der Waals surface area contributed by atoms with Crippen molar-refractivity contribution in [1.82, 2.24) is 0 Å². The van der Waals surface area contributed by atoms with Crippen molar-refractivity contribution in [3.63, 3.8) is 0 Å². The van der Waals surface area contributed by atoms with Crippen LogP contribution in [0.25, 0.3) is 0 Å². The summed E-state index contributed by atoms with van der Waals surface area (Å²) in [6.07, 6.45) is -0.0618. The van der Waals surface area contributed by atoms with Crippen LogP contribution < -0.4 is 10.0 Å². The number of benzene rings is 2. The zero-order valence-corrected chi connectivity index (χ0v) is 15.6. The molecule has 0 unspecified atom stereocenters. The quantitative estimate of drug-likeness (QED) is 0.731. The third kappa shape index (κ3) is 6.05. The molecule has 0 aliphatic rings. The summed E-state index contributed by atoms with van der Waals surface area (Å²) in [6, 6.07) is 12.3. The second kappa shape index (κ2) is 8.20. The first-order valence-electron chi connectivity index (χ1n) is 7.49. The second-order valence-corrected chi connectivity index (χ2v) is 7.69. The van der Waals surface area contributed by atoms with Crippen LogP contribution >= 0.6 is 11.6 Å². The summed E-state index contributed by atoms with van der Waals surface area (Å²) in [5.74, 6) is -1.28. The van der Waals surface area contributed by atoms with Crippen LogP contribution in [0.5, 0.6) is 0 Å². The number of carbonyl (C=O) groups excluding carboxylic acids is 2. The van der Waals surface area contributed by atoms with Crippen LogP contribution in [-0.2, 0) is 19.6 Å². The molecule has 2 aromatic carbocycles. The molecule has 2 N–H and O–H groups in total. The lowest BCUT2D eigenvalue weighted by atomic mass is 10.2. The topological polar surface area (TPSA) is 102 Å². The number of esters is 1. The molecule has 1 atom stereocenters. The van der Waals surface area contributed by atoms with Crippen LogP contribution in [0, 0.1) is 0 Å². The van der Waals surface area contributed by atoms with E-state index in [0.29, 0.717) is 10.7 Å². The summed E-state index contributed by atoms with van der Waals surface area (Å²) >= 11 is 5.85. The molecule has 138 valence electrons. The van der Waals surface area contributed by atoms with E-state index in [1.54, 1.807) is 24.3 Å². The molecule has 0 radical (unpaired) electrons. The van der Waals surface area contributed by atoms with Crippen molar-refractivity contribution >= 4 is 44.9 Å². The van der Waals surface area contributed by atoms with Crippen molar-refractivity contribution in [1.29, 1.82) is 0 Å². The van der Waals surface area contributed by atoms with E-state index in [9.17, 15) is 18.0 Å². The van der Waals surface area contributed by atoms with E-state index in [2.05, 4.69) is 10.0 Å². The van der Waals surface area contributed by atoms with Crippen LogP contribution in [0.4, 0.5) is 11.4 Å². The fraction of sp³-hybridized carbons (Fsp3) is 0.176. The Hall–Kier alpha value is -2.58. The Labute approximate surface area is 156 Å². The van der Waals surface area contributed by atoms with Gasteiger partial charge in [0.15, 0.2) is 6.10 Å². The third-order valence-corrected chi connectivity index (χ3v) is 3.99. The summed E-state index contributed by atoms with van der Waals surface area (Å²) in [7, 11) is -3.47. The highest BCUT2D eigenvalue weighted by molar-refractivity contribution is 7.92. The molecule has 7 nitrogen and oxygen atoms in total. The van der Waals surface area contributed by atoms with E-state index in [1.807, 2.05) is 0 Å². The van der Waals surface area contributed by atoms with E-state index < -0.39 is 28.0 Å². The van der Waals surface area contributed by atoms with Crippen LogP contribution in [0.15, 0.2) is 48.5 Å². The van der Waals surface area contributed by atoms with E-state index in [0.717, 1.165) is 6.26 Å². The van der Waals surface area contributed by atoms with Crippen LogP contribution in [0.1, 0.15) is 17.3 Å². The first-order valence-corrected chi connectivity index (χ1v) is 9.76. The van der Waals surface area contributed by atoms with E-state index >= 15 is 0 Å². The molecule has 2 rings (SSSR count). The first-order chi connectivity index (χ1) is 12.1. The number of halogens is 1. The fourth-order valence-electron chi connectivity index (χ4n) is 2.02. The standard InChI is InChI=1S/C17H17ClN2O5S/c1-11(16(21)19-14-7-4-6-13(18)10-14)25-17(22)12-5-3-8-15(9-12)20-26(2,23)24/h3-11,20H,1-2H3,(H,19,21)/t11-/m0/s1. The highest BCUT2D eigenvalue weighted by Crippen LogP contribution is 2.16. The molecule has 0 saturated carbocycles. The van der Waals surface area contributed by atoms with Gasteiger partial charge in [-0.2, -0.15) is 0 Å². The van der Waals surface area contributed by atoms with Crippen LogP contribution in [-0.4, -0.2) is 32.7 Å². The summed E-state index contributed by atoms with van der Waals surface area (Å²) in [5.41, 5.74) is 0.809. The van der Waals surface area contributed by atoms with Gasteiger partial charge in [0.2, 0.25) is 10.0 Å². The Morgan fingerprint density at radius 3 is 2.38 bits per heavy atom. The number of sulfonamides is 1. The molecule has 1 amide bonds. The van der Waals surface area contributed by atoms with Gasteiger partial charge in [0.05, 0.1) is 11.8 Å². The number of rotatable bonds is 6. The van der Waals surface area contributed by atoms with Crippen molar-refractivity contribution in [2.75, 3.05) is 16.3 Å². The van der Waals surface area contributed by atoms with Gasteiger partial charge < -0.3 is 10.1 Å². The second-order valence-electron chi connectivity index (χ2n) is 5.50. The summed E-state index contributed by atoms with van der Waals surface area (Å²) < 4.78 is 29.9. The molecule has 0 bridgehead atoms. The lowest BCUT2D eigenvalue weighted by Gasteiger charge is -2.14. The average Bonchev–Trinajstić information content (AvgIpc) is 2.53. The van der Waals surface area contributed by atoms with Gasteiger partial charge in [-0.15, -0.1) is 0 Å². The van der Waals surface area contributed by atoms with Gasteiger partial charge in [0.1, 0.15) is 0 Å². The van der Waals surface area contributed by atoms with E-state index in [-0.39, 0.29) is 11.3 Å². The lowest BCUT2D eigenvalue weighted by molar-refractivity contribution is -0.123. The maximum atomic E-state index is 12.2. The SMILES string of the molecule is C[C@H](OC(=O)c1cccc(NS(C)(=O)=O)c1)C(=O)Nc1cccc(Cl)c1. The monoisotopic (exact) mass is 396 g/mol. The van der Waals surface area contributed by atoms with Gasteiger partial charge in [0.25, 0.3) is 5.91 Å². The maximum Gasteiger partial charge on any atom is 0.338 e. The molecule has 9 heteroatoms. The predicted octanol–water partition coefficient (Wildman–Crippen LogP) is 2.90. The molecular weight excluding hydrogens is 380 g/mol. The minimum Gasteiger partial charge on any atom is -0.449 e. The van der Waals surface area contributed by atoms with Crippen molar-refractivity contribution in [2.45, 2.75) is 13.0 Å². The first kappa shape index (κ1) is 19.7. The molecule has 2 aromatic rings. The highest BCUT2D eigenvalue weighted by atomic mass is 35.5. The fourth-order valence-corrected chi connectivity index (χ4v) is 2.76. The van der Waals surface area contributed by atoms with Crippen molar-refractivity contribution in [3.8, 4) is 0 Å². The molecule has 0 aliphatic heterocycles. The van der Waals surface area contributed by atoms with Crippen LogP contribution in [0.2, 0.25) is 5.02 Å². The molecule has 0 saturated heterocycles. The Bertz CT molecular complexity index is 930. The maximum absolute atomic E-state index is 12.2. The minimum atomic E-state index is -3.47. The predicted molar refractivity (Wildman–Crippen MR) is 99.9 cm³/mol. The van der Waals surface area contributed by atoms with Gasteiger partial charge in [0, 0.05) is 16.4 Å². The average molecular weight is 397 g/mol. The van der Waals surface area contributed by atoms with Gasteiger partial charge in [-0.25, -0.2) is 13.2 Å². The largest absolute Gasteiger partial charge is 0.449 e. The molecule has 0 heterocycles. The van der Waals surface area contributed by atoms with E-state index in [4.69, 9.17) is 16.3 Å². The Balaban J connectivity index is 2.02. The third-order valence-electron chi connectivity index (χ3n) is 3.15. The van der Waals surface area contributed by atoms with Gasteiger partial charge in [-0.05, 0) is 43.3 Å². The molecule has 0 aliphatic carbocycles. The minimum absolute atomic E-state index is 0.112. The zero-order chi connectivity index (χ0) is 19.3. The number of amides is 1. The Morgan fingerprint density at radius 1 is 1.08 bits per heavy atom. The number of nitrogens with one attached hydrogen (secondary N) is 2. The molecule has 26 heavy (non-hydrogen) atoms. The summed E-state index contributed by atoms with van der Waals surface area (Å²) in [4.78, 5) is 24.3. The number of hydrogen-bond donors (Lipinski definition) is 2. The van der Waals surface area contributed by atoms with Crippen LogP contribution in [0.3, 0.4) is 0 Å². The van der Waals surface area contributed by atoms with Gasteiger partial charge >= 0.3 is 5.97 Å². The Morgan fingerprint density at radius 2 is 1.73 bits per heavy atom.